The minimum absolute atomic E-state index is 0.0656. The second-order valence-corrected chi connectivity index (χ2v) is 13.8. The molecular weight excluding hydrogens is 626 g/mol. The first-order chi connectivity index (χ1) is 19.5. The number of sulfonamides is 1. The summed E-state index contributed by atoms with van der Waals surface area (Å²) in [6.45, 7) is 4.95. The van der Waals surface area contributed by atoms with Gasteiger partial charge < -0.3 is 10.2 Å². The number of hydrogen-bond donors (Lipinski definition) is 1. The number of rotatable bonds is 10. The van der Waals surface area contributed by atoms with Gasteiger partial charge in [0.2, 0.25) is 11.8 Å². The van der Waals surface area contributed by atoms with E-state index in [2.05, 4.69) is 21.2 Å². The minimum Gasteiger partial charge on any atom is -0.352 e. The molecule has 0 bridgehead atoms. The van der Waals surface area contributed by atoms with Crippen LogP contribution in [0.5, 0.6) is 0 Å². The monoisotopic (exact) mass is 659 g/mol. The van der Waals surface area contributed by atoms with Crippen molar-refractivity contribution in [1.29, 1.82) is 0 Å². The third-order valence-electron chi connectivity index (χ3n) is 7.43. The summed E-state index contributed by atoms with van der Waals surface area (Å²) in [4.78, 5) is 29.0. The van der Waals surface area contributed by atoms with Gasteiger partial charge in [-0.05, 0) is 87.2 Å². The number of nitrogens with one attached hydrogen (secondary N) is 1. The molecule has 1 N–H and O–H groups in total. The fourth-order valence-corrected chi connectivity index (χ4v) is 7.21. The van der Waals surface area contributed by atoms with E-state index >= 15 is 0 Å². The van der Waals surface area contributed by atoms with E-state index in [1.165, 1.54) is 17.0 Å². The van der Waals surface area contributed by atoms with Gasteiger partial charge in [0.15, 0.2) is 0 Å². The van der Waals surface area contributed by atoms with Crippen molar-refractivity contribution in [3.8, 4) is 0 Å². The Balaban J connectivity index is 1.71. The maximum Gasteiger partial charge on any atom is 0.264 e. The predicted octanol–water partition coefficient (Wildman–Crippen LogP) is 6.39. The van der Waals surface area contributed by atoms with Crippen LogP contribution in [0.2, 0.25) is 5.02 Å². The number of amides is 2. The first-order valence-electron chi connectivity index (χ1n) is 13.7. The van der Waals surface area contributed by atoms with Crippen LogP contribution in [0.3, 0.4) is 0 Å². The SMILES string of the molecule is Cc1ccc(S(=O)(=O)N(CC(=O)N(Cc2cccc(Br)c2)C(C)C(=O)NC2CCCC2)c2ccc(Cl)cc2C)cc1. The van der Waals surface area contributed by atoms with Gasteiger partial charge in [0.1, 0.15) is 12.6 Å². The van der Waals surface area contributed by atoms with Crippen molar-refractivity contribution in [3.63, 3.8) is 0 Å². The molecule has 2 amide bonds. The topological polar surface area (TPSA) is 86.8 Å². The fraction of sp³-hybridized carbons (Fsp3) is 0.355. The van der Waals surface area contributed by atoms with Gasteiger partial charge in [0.25, 0.3) is 10.0 Å². The number of carbonyl (C=O) groups is 2. The molecule has 0 saturated heterocycles. The van der Waals surface area contributed by atoms with Crippen LogP contribution in [0, 0.1) is 13.8 Å². The van der Waals surface area contributed by atoms with Crippen molar-refractivity contribution in [2.24, 2.45) is 0 Å². The summed E-state index contributed by atoms with van der Waals surface area (Å²) in [6.07, 6.45) is 3.95. The molecule has 10 heteroatoms. The van der Waals surface area contributed by atoms with Gasteiger partial charge in [0, 0.05) is 22.1 Å². The number of carbonyl (C=O) groups excluding carboxylic acids is 2. The quantitative estimate of drug-likeness (QED) is 0.273. The number of hydrogen-bond acceptors (Lipinski definition) is 4. The van der Waals surface area contributed by atoms with Crippen molar-refractivity contribution < 1.29 is 18.0 Å². The zero-order valence-corrected chi connectivity index (χ0v) is 26.6. The summed E-state index contributed by atoms with van der Waals surface area (Å²) >= 11 is 9.66. The molecular formula is C31H35BrClN3O4S. The van der Waals surface area contributed by atoms with Crippen LogP contribution in [0.4, 0.5) is 5.69 Å². The number of aryl methyl sites for hydroxylation is 2. The third kappa shape index (κ3) is 7.70. The summed E-state index contributed by atoms with van der Waals surface area (Å²) in [5.41, 5.74) is 2.67. The van der Waals surface area contributed by atoms with Gasteiger partial charge >= 0.3 is 0 Å². The van der Waals surface area contributed by atoms with Crippen LogP contribution < -0.4 is 9.62 Å². The lowest BCUT2D eigenvalue weighted by atomic mass is 10.1. The van der Waals surface area contributed by atoms with E-state index in [1.807, 2.05) is 31.2 Å². The Kier molecular flexibility index (Phi) is 10.2. The highest BCUT2D eigenvalue weighted by Crippen LogP contribution is 2.30. The van der Waals surface area contributed by atoms with Gasteiger partial charge in [-0.25, -0.2) is 8.42 Å². The van der Waals surface area contributed by atoms with E-state index in [9.17, 15) is 18.0 Å². The first-order valence-corrected chi connectivity index (χ1v) is 16.3. The van der Waals surface area contributed by atoms with Crippen LogP contribution >= 0.6 is 27.5 Å². The fourth-order valence-electron chi connectivity index (χ4n) is 5.06. The Labute approximate surface area is 256 Å². The molecule has 1 atom stereocenters. The molecule has 1 fully saturated rings. The minimum atomic E-state index is -4.14. The van der Waals surface area contributed by atoms with E-state index in [0.29, 0.717) is 16.3 Å². The highest BCUT2D eigenvalue weighted by molar-refractivity contribution is 9.10. The second kappa shape index (κ2) is 13.4. The Morgan fingerprint density at radius 2 is 1.71 bits per heavy atom. The molecule has 0 heterocycles. The lowest BCUT2D eigenvalue weighted by Crippen LogP contribution is -2.52. The van der Waals surface area contributed by atoms with E-state index < -0.39 is 28.5 Å². The smallest absolute Gasteiger partial charge is 0.264 e. The number of anilines is 1. The van der Waals surface area contributed by atoms with Crippen molar-refractivity contribution >= 4 is 55.1 Å². The van der Waals surface area contributed by atoms with Gasteiger partial charge in [-0.2, -0.15) is 0 Å². The third-order valence-corrected chi connectivity index (χ3v) is 9.93. The lowest BCUT2D eigenvalue weighted by Gasteiger charge is -2.33. The molecule has 1 aliphatic rings. The van der Waals surface area contributed by atoms with E-state index in [4.69, 9.17) is 11.6 Å². The standard InChI is InChI=1S/C31H35BrClN3O4S/c1-21-11-14-28(15-12-21)41(39,40)36(29-16-13-26(33)17-22(29)2)20-30(37)35(19-24-7-6-8-25(32)18-24)23(3)31(38)34-27-9-4-5-10-27/h6-8,11-18,23,27H,4-5,9-10,19-20H2,1-3H3,(H,34,38). The van der Waals surface area contributed by atoms with Crippen LogP contribution in [0.15, 0.2) is 76.1 Å². The highest BCUT2D eigenvalue weighted by atomic mass is 79.9. The zero-order chi connectivity index (χ0) is 29.7. The summed E-state index contributed by atoms with van der Waals surface area (Å²) in [6, 6.07) is 18.1. The van der Waals surface area contributed by atoms with Crippen LogP contribution in [0.1, 0.15) is 49.3 Å². The Morgan fingerprint density at radius 3 is 2.34 bits per heavy atom. The summed E-state index contributed by atoms with van der Waals surface area (Å²) in [7, 11) is -4.14. The number of nitrogens with zero attached hydrogens (tertiary/aromatic N) is 2. The van der Waals surface area contributed by atoms with Crippen LogP contribution in [0.25, 0.3) is 0 Å². The predicted molar refractivity (Wildman–Crippen MR) is 166 cm³/mol. The van der Waals surface area contributed by atoms with Gasteiger partial charge in [-0.1, -0.05) is 70.2 Å². The van der Waals surface area contributed by atoms with E-state index in [1.54, 1.807) is 44.2 Å². The van der Waals surface area contributed by atoms with Crippen molar-refractivity contribution in [3.05, 3.63) is 92.9 Å². The number of halogens is 2. The molecule has 1 aliphatic carbocycles. The van der Waals surface area contributed by atoms with Crippen LogP contribution in [-0.4, -0.2) is 43.8 Å². The average molecular weight is 661 g/mol. The normalized spacial score (nSPS) is 14.5. The van der Waals surface area contributed by atoms with Crippen molar-refractivity contribution in [2.45, 2.75) is 70.0 Å². The molecule has 3 aromatic rings. The van der Waals surface area contributed by atoms with E-state index in [-0.39, 0.29) is 23.4 Å². The Hall–Kier alpha value is -2.88. The van der Waals surface area contributed by atoms with Gasteiger partial charge in [-0.15, -0.1) is 0 Å². The molecule has 0 spiro atoms. The maximum atomic E-state index is 14.1. The average Bonchev–Trinajstić information content (AvgIpc) is 3.43. The zero-order valence-electron chi connectivity index (χ0n) is 23.4. The molecule has 4 rings (SSSR count). The molecule has 7 nitrogen and oxygen atoms in total. The molecule has 0 radical (unpaired) electrons. The van der Waals surface area contributed by atoms with Gasteiger partial charge in [-0.3, -0.25) is 13.9 Å². The second-order valence-electron chi connectivity index (χ2n) is 10.6. The van der Waals surface area contributed by atoms with Gasteiger partial charge in [0.05, 0.1) is 10.6 Å². The Morgan fingerprint density at radius 1 is 1.02 bits per heavy atom. The summed E-state index contributed by atoms with van der Waals surface area (Å²) in [5.74, 6) is -0.750. The molecule has 1 unspecified atom stereocenters. The highest BCUT2D eigenvalue weighted by Gasteiger charge is 2.34. The largest absolute Gasteiger partial charge is 0.352 e. The first kappa shape index (κ1) is 31.1. The number of benzene rings is 3. The van der Waals surface area contributed by atoms with Crippen molar-refractivity contribution in [1.82, 2.24) is 10.2 Å². The molecule has 218 valence electrons. The Bertz CT molecular complexity index is 1510. The van der Waals surface area contributed by atoms with Crippen molar-refractivity contribution in [2.75, 3.05) is 10.8 Å². The van der Waals surface area contributed by atoms with E-state index in [0.717, 1.165) is 45.6 Å². The molecule has 0 aliphatic heterocycles. The molecule has 0 aromatic heterocycles. The van der Waals surface area contributed by atoms with Crippen LogP contribution in [-0.2, 0) is 26.2 Å². The maximum absolute atomic E-state index is 14.1. The molecule has 3 aromatic carbocycles. The lowest BCUT2D eigenvalue weighted by molar-refractivity contribution is -0.139. The summed E-state index contributed by atoms with van der Waals surface area (Å²) in [5, 5.41) is 3.54. The molecule has 1 saturated carbocycles. The molecule has 41 heavy (non-hydrogen) atoms. The summed E-state index contributed by atoms with van der Waals surface area (Å²) < 4.78 is 30.0.